The molecule has 1 saturated heterocycles. The Hall–Kier alpha value is -1.16. The highest BCUT2D eigenvalue weighted by Gasteiger charge is 2.27. The van der Waals surface area contributed by atoms with E-state index in [1.165, 1.54) is 18.6 Å². The first-order valence-electron chi connectivity index (χ1n) is 6.23. The van der Waals surface area contributed by atoms with Gasteiger partial charge in [-0.05, 0) is 36.5 Å². The highest BCUT2D eigenvalue weighted by Crippen LogP contribution is 2.33. The predicted molar refractivity (Wildman–Crippen MR) is 77.5 cm³/mol. The Bertz CT molecular complexity index is 471. The zero-order chi connectivity index (χ0) is 13.3. The summed E-state index contributed by atoms with van der Waals surface area (Å²) in [7, 11) is 0. The first-order chi connectivity index (χ1) is 8.39. The smallest absolute Gasteiger partial charge is 0.124 e. The van der Waals surface area contributed by atoms with Crippen LogP contribution in [0.15, 0.2) is 18.2 Å². The summed E-state index contributed by atoms with van der Waals surface area (Å²) in [5, 5.41) is 0. The molecule has 1 aliphatic heterocycles. The fourth-order valence-electron chi connectivity index (χ4n) is 2.61. The van der Waals surface area contributed by atoms with Crippen molar-refractivity contribution in [3.63, 3.8) is 0 Å². The molecule has 0 saturated carbocycles. The van der Waals surface area contributed by atoms with Crippen molar-refractivity contribution in [1.29, 1.82) is 0 Å². The van der Waals surface area contributed by atoms with Gasteiger partial charge in [-0.1, -0.05) is 26.1 Å². The molecule has 0 aromatic heterocycles. The molecule has 0 bridgehead atoms. The molecule has 0 unspecified atom stereocenters. The van der Waals surface area contributed by atoms with Crippen LogP contribution < -0.4 is 10.6 Å². The molecule has 1 aliphatic rings. The number of anilines is 1. The Labute approximate surface area is 113 Å². The van der Waals surface area contributed by atoms with E-state index in [-0.39, 0.29) is 16.2 Å². The van der Waals surface area contributed by atoms with Crippen molar-refractivity contribution in [1.82, 2.24) is 0 Å². The van der Waals surface area contributed by atoms with Gasteiger partial charge in [-0.3, -0.25) is 0 Å². The number of rotatable bonds is 2. The van der Waals surface area contributed by atoms with Gasteiger partial charge >= 0.3 is 0 Å². The Morgan fingerprint density at radius 3 is 2.78 bits per heavy atom. The fourth-order valence-corrected chi connectivity index (χ4v) is 2.77. The van der Waals surface area contributed by atoms with Crippen LogP contribution in [0.1, 0.15) is 32.3 Å². The lowest BCUT2D eigenvalue weighted by Gasteiger charge is -2.40. The summed E-state index contributed by atoms with van der Waals surface area (Å²) < 4.78 is 13.3. The van der Waals surface area contributed by atoms with Crippen LogP contribution in [0.2, 0.25) is 0 Å². The molecule has 0 amide bonds. The van der Waals surface area contributed by atoms with Gasteiger partial charge in [-0.2, -0.15) is 0 Å². The van der Waals surface area contributed by atoms with Crippen molar-refractivity contribution in [3.05, 3.63) is 29.6 Å². The highest BCUT2D eigenvalue weighted by molar-refractivity contribution is 7.80. The number of piperidine rings is 1. The van der Waals surface area contributed by atoms with Crippen molar-refractivity contribution < 1.29 is 4.39 Å². The molecule has 1 heterocycles. The third-order valence-electron chi connectivity index (χ3n) is 3.47. The summed E-state index contributed by atoms with van der Waals surface area (Å²) in [5.74, 6) is -0.294. The Morgan fingerprint density at radius 1 is 1.44 bits per heavy atom. The number of hydrogen-bond acceptors (Lipinski definition) is 2. The zero-order valence-electron chi connectivity index (χ0n) is 10.9. The van der Waals surface area contributed by atoms with Gasteiger partial charge in [0.1, 0.15) is 10.8 Å². The largest absolute Gasteiger partial charge is 0.389 e. The van der Waals surface area contributed by atoms with Crippen LogP contribution in [0.25, 0.3) is 0 Å². The lowest BCUT2D eigenvalue weighted by Crippen LogP contribution is -2.41. The first kappa shape index (κ1) is 13.3. The summed E-state index contributed by atoms with van der Waals surface area (Å²) in [5.41, 5.74) is 7.57. The van der Waals surface area contributed by atoms with Gasteiger partial charge in [0.25, 0.3) is 0 Å². The van der Waals surface area contributed by atoms with Crippen LogP contribution in [-0.2, 0) is 0 Å². The first-order valence-corrected chi connectivity index (χ1v) is 6.64. The Kier molecular flexibility index (Phi) is 3.57. The van der Waals surface area contributed by atoms with Gasteiger partial charge in [0.15, 0.2) is 0 Å². The van der Waals surface area contributed by atoms with Gasteiger partial charge < -0.3 is 10.6 Å². The molecule has 0 spiro atoms. The molecule has 2 nitrogen and oxygen atoms in total. The second-order valence-corrected chi connectivity index (χ2v) is 6.15. The van der Waals surface area contributed by atoms with Gasteiger partial charge in [0, 0.05) is 24.3 Å². The fraction of sp³-hybridized carbons (Fsp3) is 0.500. The number of halogens is 1. The van der Waals surface area contributed by atoms with E-state index < -0.39 is 0 Å². The molecule has 2 N–H and O–H groups in total. The van der Waals surface area contributed by atoms with E-state index in [4.69, 9.17) is 18.0 Å². The Balaban J connectivity index is 2.35. The summed E-state index contributed by atoms with van der Waals surface area (Å²) >= 11 is 5.02. The van der Waals surface area contributed by atoms with E-state index in [2.05, 4.69) is 18.7 Å². The Morgan fingerprint density at radius 2 is 2.17 bits per heavy atom. The molecule has 0 aliphatic carbocycles. The number of nitrogens with two attached hydrogens (primary N) is 1. The molecular weight excluding hydrogens is 247 g/mol. The third kappa shape index (κ3) is 2.80. The third-order valence-corrected chi connectivity index (χ3v) is 3.69. The minimum Gasteiger partial charge on any atom is -0.389 e. The topological polar surface area (TPSA) is 29.3 Å². The number of hydrogen-bond donors (Lipinski definition) is 1. The molecule has 98 valence electrons. The molecule has 0 radical (unpaired) electrons. The number of nitrogens with zero attached hydrogens (tertiary/aromatic N) is 1. The van der Waals surface area contributed by atoms with E-state index >= 15 is 0 Å². The minimum atomic E-state index is -0.294. The van der Waals surface area contributed by atoms with Crippen molar-refractivity contribution in [2.45, 2.75) is 26.7 Å². The van der Waals surface area contributed by atoms with Crippen molar-refractivity contribution in [3.8, 4) is 0 Å². The van der Waals surface area contributed by atoms with E-state index in [1.54, 1.807) is 6.07 Å². The molecular formula is C14H19FN2S. The average molecular weight is 266 g/mol. The summed E-state index contributed by atoms with van der Waals surface area (Å²) in [6.45, 7) is 6.44. The van der Waals surface area contributed by atoms with Crippen molar-refractivity contribution in [2.75, 3.05) is 18.0 Å². The van der Waals surface area contributed by atoms with Crippen LogP contribution in [0.5, 0.6) is 0 Å². The summed E-state index contributed by atoms with van der Waals surface area (Å²) in [6.07, 6.45) is 2.36. The standard InChI is InChI=1S/C14H19FN2S/c1-14(2)6-3-7-17(9-14)12-5-4-10(15)8-11(12)13(16)18/h4-5,8H,3,6-7,9H2,1-2H3,(H2,16,18). The number of thiocarbonyl (C=S) groups is 1. The van der Waals surface area contributed by atoms with Crippen molar-refractivity contribution in [2.24, 2.45) is 11.1 Å². The van der Waals surface area contributed by atoms with Crippen LogP contribution in [0.4, 0.5) is 10.1 Å². The zero-order valence-corrected chi connectivity index (χ0v) is 11.7. The molecule has 1 fully saturated rings. The average Bonchev–Trinajstić information content (AvgIpc) is 2.27. The van der Waals surface area contributed by atoms with E-state index in [0.717, 1.165) is 25.2 Å². The second kappa shape index (κ2) is 4.84. The van der Waals surface area contributed by atoms with Crippen LogP contribution in [0, 0.1) is 11.2 Å². The van der Waals surface area contributed by atoms with Gasteiger partial charge in [0.05, 0.1) is 0 Å². The van der Waals surface area contributed by atoms with Crippen LogP contribution >= 0.6 is 12.2 Å². The lowest BCUT2D eigenvalue weighted by molar-refractivity contribution is 0.293. The quantitative estimate of drug-likeness (QED) is 0.834. The predicted octanol–water partition coefficient (Wildman–Crippen LogP) is 3.09. The second-order valence-electron chi connectivity index (χ2n) is 5.72. The molecule has 18 heavy (non-hydrogen) atoms. The SMILES string of the molecule is CC1(C)CCCN(c2ccc(F)cc2C(N)=S)C1. The monoisotopic (exact) mass is 266 g/mol. The number of benzene rings is 1. The summed E-state index contributed by atoms with van der Waals surface area (Å²) in [6, 6.07) is 4.68. The maximum Gasteiger partial charge on any atom is 0.124 e. The van der Waals surface area contributed by atoms with Crippen LogP contribution in [0.3, 0.4) is 0 Å². The van der Waals surface area contributed by atoms with Gasteiger partial charge in [-0.15, -0.1) is 0 Å². The molecule has 1 aromatic carbocycles. The van der Waals surface area contributed by atoms with Gasteiger partial charge in [0.2, 0.25) is 0 Å². The normalized spacial score (nSPS) is 18.7. The molecule has 1 aromatic rings. The minimum absolute atomic E-state index is 0.257. The summed E-state index contributed by atoms with van der Waals surface area (Å²) in [4.78, 5) is 2.52. The van der Waals surface area contributed by atoms with E-state index in [9.17, 15) is 4.39 Å². The maximum absolute atomic E-state index is 13.3. The van der Waals surface area contributed by atoms with Crippen LogP contribution in [-0.4, -0.2) is 18.1 Å². The molecule has 0 atom stereocenters. The highest BCUT2D eigenvalue weighted by atomic mass is 32.1. The maximum atomic E-state index is 13.3. The van der Waals surface area contributed by atoms with Crippen molar-refractivity contribution >= 4 is 22.9 Å². The lowest BCUT2D eigenvalue weighted by atomic mass is 9.84. The molecule has 2 rings (SSSR count). The molecule has 4 heteroatoms. The van der Waals surface area contributed by atoms with Gasteiger partial charge in [-0.25, -0.2) is 4.39 Å². The van der Waals surface area contributed by atoms with E-state index in [0.29, 0.717) is 5.56 Å². The van der Waals surface area contributed by atoms with E-state index in [1.807, 2.05) is 0 Å².